The van der Waals surface area contributed by atoms with Crippen LogP contribution in [0.4, 0.5) is 11.4 Å². The van der Waals surface area contributed by atoms with E-state index < -0.39 is 4.92 Å². The van der Waals surface area contributed by atoms with E-state index in [1.54, 1.807) is 4.68 Å². The maximum Gasteiger partial charge on any atom is 0.269 e. The Balaban J connectivity index is 1.81. The number of rotatable bonds is 4. The highest BCUT2D eigenvalue weighted by molar-refractivity contribution is 6.05. The van der Waals surface area contributed by atoms with Crippen molar-refractivity contribution in [3.05, 3.63) is 82.2 Å². The number of nitro benzene ring substituents is 1. The van der Waals surface area contributed by atoms with Crippen LogP contribution in [0.2, 0.25) is 0 Å². The normalized spacial score (nSPS) is 10.4. The number of amides is 1. The molecule has 1 N–H and O–H groups in total. The molecule has 0 bridgehead atoms. The Labute approximate surface area is 137 Å². The summed E-state index contributed by atoms with van der Waals surface area (Å²) >= 11 is 0. The van der Waals surface area contributed by atoms with E-state index in [4.69, 9.17) is 0 Å². The zero-order chi connectivity index (χ0) is 17.1. The first-order valence-corrected chi connectivity index (χ1v) is 7.22. The molecule has 1 heterocycles. The number of aromatic nitrogens is 2. The fraction of sp³-hybridized carbons (Fsp3) is 0.0588. The van der Waals surface area contributed by atoms with Gasteiger partial charge < -0.3 is 5.32 Å². The molecule has 0 fully saturated rings. The number of hydrogen-bond donors (Lipinski definition) is 1. The van der Waals surface area contributed by atoms with Crippen LogP contribution in [0.1, 0.15) is 16.1 Å². The van der Waals surface area contributed by atoms with Crippen LogP contribution in [-0.2, 0) is 0 Å². The molecule has 1 amide bonds. The number of carbonyl (C=O) groups is 1. The number of para-hydroxylation sites is 1. The Kier molecular flexibility index (Phi) is 4.07. The van der Waals surface area contributed by atoms with Crippen LogP contribution in [0.15, 0.2) is 60.8 Å². The maximum absolute atomic E-state index is 12.4. The summed E-state index contributed by atoms with van der Waals surface area (Å²) in [5.74, 6) is -0.316. The first-order chi connectivity index (χ1) is 11.6. The van der Waals surface area contributed by atoms with E-state index in [0.717, 1.165) is 5.69 Å². The van der Waals surface area contributed by atoms with Crippen LogP contribution in [0, 0.1) is 17.0 Å². The average Bonchev–Trinajstić information content (AvgIpc) is 2.98. The third kappa shape index (κ3) is 3.00. The second-order valence-corrected chi connectivity index (χ2v) is 5.15. The second-order valence-electron chi connectivity index (χ2n) is 5.15. The van der Waals surface area contributed by atoms with Gasteiger partial charge in [-0.25, -0.2) is 4.68 Å². The summed E-state index contributed by atoms with van der Waals surface area (Å²) in [5, 5.41) is 17.6. The Hall–Kier alpha value is -3.48. The summed E-state index contributed by atoms with van der Waals surface area (Å²) in [7, 11) is 0. The summed E-state index contributed by atoms with van der Waals surface area (Å²) < 4.78 is 1.69. The fourth-order valence-electron chi connectivity index (χ4n) is 2.33. The zero-order valence-electron chi connectivity index (χ0n) is 12.8. The van der Waals surface area contributed by atoms with E-state index in [2.05, 4.69) is 10.4 Å². The predicted molar refractivity (Wildman–Crippen MR) is 89.4 cm³/mol. The van der Waals surface area contributed by atoms with Gasteiger partial charge in [-0.15, -0.1) is 0 Å². The van der Waals surface area contributed by atoms with E-state index >= 15 is 0 Å². The van der Waals surface area contributed by atoms with Crippen LogP contribution in [0.25, 0.3) is 5.69 Å². The lowest BCUT2D eigenvalue weighted by Gasteiger charge is -2.06. The largest absolute Gasteiger partial charge is 0.322 e. The third-order valence-electron chi connectivity index (χ3n) is 3.59. The molecule has 0 aliphatic rings. The number of nitrogens with zero attached hydrogens (tertiary/aromatic N) is 3. The van der Waals surface area contributed by atoms with E-state index in [1.165, 1.54) is 30.5 Å². The molecule has 0 aliphatic carbocycles. The zero-order valence-corrected chi connectivity index (χ0v) is 12.8. The van der Waals surface area contributed by atoms with E-state index in [-0.39, 0.29) is 11.6 Å². The molecular weight excluding hydrogens is 308 g/mol. The summed E-state index contributed by atoms with van der Waals surface area (Å²) in [4.78, 5) is 22.6. The van der Waals surface area contributed by atoms with Crippen molar-refractivity contribution in [1.29, 1.82) is 0 Å². The van der Waals surface area contributed by atoms with Crippen molar-refractivity contribution in [2.45, 2.75) is 6.92 Å². The van der Waals surface area contributed by atoms with Gasteiger partial charge in [-0.1, -0.05) is 18.2 Å². The molecular formula is C17H14N4O3. The lowest BCUT2D eigenvalue weighted by molar-refractivity contribution is -0.384. The molecule has 0 saturated heterocycles. The Bertz CT molecular complexity index is 886. The van der Waals surface area contributed by atoms with Crippen molar-refractivity contribution >= 4 is 17.3 Å². The molecule has 7 nitrogen and oxygen atoms in total. The number of carbonyl (C=O) groups excluding carboxylic acids is 1. The Morgan fingerprint density at radius 2 is 1.79 bits per heavy atom. The molecule has 2 aromatic carbocycles. The standard InChI is InChI=1S/C17H14N4O3/c1-12-16(11-18-20(12)14-5-3-2-4-6-14)17(22)19-13-7-9-15(10-8-13)21(23)24/h2-11H,1H3,(H,19,22). The Morgan fingerprint density at radius 1 is 1.12 bits per heavy atom. The van der Waals surface area contributed by atoms with Gasteiger partial charge in [0.25, 0.3) is 11.6 Å². The molecule has 0 aliphatic heterocycles. The van der Waals surface area contributed by atoms with E-state index in [1.807, 2.05) is 37.3 Å². The number of nitro groups is 1. The summed E-state index contributed by atoms with van der Waals surface area (Å²) in [5.41, 5.74) is 2.47. The molecule has 24 heavy (non-hydrogen) atoms. The first kappa shape index (κ1) is 15.4. The van der Waals surface area contributed by atoms with E-state index in [9.17, 15) is 14.9 Å². The van der Waals surface area contributed by atoms with Gasteiger partial charge >= 0.3 is 0 Å². The highest BCUT2D eigenvalue weighted by atomic mass is 16.6. The molecule has 0 spiro atoms. The third-order valence-corrected chi connectivity index (χ3v) is 3.59. The minimum atomic E-state index is -0.486. The number of non-ortho nitro benzene ring substituents is 1. The van der Waals surface area contributed by atoms with Gasteiger partial charge in [0.2, 0.25) is 0 Å². The first-order valence-electron chi connectivity index (χ1n) is 7.22. The molecule has 120 valence electrons. The van der Waals surface area contributed by atoms with Gasteiger partial charge in [0.15, 0.2) is 0 Å². The smallest absolute Gasteiger partial charge is 0.269 e. The van der Waals surface area contributed by atoms with Crippen LogP contribution in [0.5, 0.6) is 0 Å². The quantitative estimate of drug-likeness (QED) is 0.589. The van der Waals surface area contributed by atoms with Crippen molar-refractivity contribution in [2.75, 3.05) is 5.32 Å². The monoisotopic (exact) mass is 322 g/mol. The molecule has 0 unspecified atom stereocenters. The van der Waals surface area contributed by atoms with Gasteiger partial charge in [-0.3, -0.25) is 14.9 Å². The summed E-state index contributed by atoms with van der Waals surface area (Å²) in [6.45, 7) is 1.81. The molecule has 0 radical (unpaired) electrons. The van der Waals surface area contributed by atoms with Crippen molar-refractivity contribution in [1.82, 2.24) is 9.78 Å². The van der Waals surface area contributed by atoms with Gasteiger partial charge in [0.05, 0.1) is 28.1 Å². The summed E-state index contributed by atoms with van der Waals surface area (Å²) in [6.07, 6.45) is 1.50. The van der Waals surface area contributed by atoms with Gasteiger partial charge in [0, 0.05) is 17.8 Å². The number of nitrogens with one attached hydrogen (secondary N) is 1. The minimum absolute atomic E-state index is 0.0268. The van der Waals surface area contributed by atoms with Crippen molar-refractivity contribution in [3.8, 4) is 5.69 Å². The number of hydrogen-bond acceptors (Lipinski definition) is 4. The highest BCUT2D eigenvalue weighted by Crippen LogP contribution is 2.18. The molecule has 3 aromatic rings. The van der Waals surface area contributed by atoms with Crippen LogP contribution in [0.3, 0.4) is 0 Å². The van der Waals surface area contributed by atoms with Crippen molar-refractivity contribution in [2.24, 2.45) is 0 Å². The Morgan fingerprint density at radius 3 is 2.42 bits per heavy atom. The minimum Gasteiger partial charge on any atom is -0.322 e. The maximum atomic E-state index is 12.4. The lowest BCUT2D eigenvalue weighted by Crippen LogP contribution is -2.13. The number of anilines is 1. The van der Waals surface area contributed by atoms with Crippen molar-refractivity contribution in [3.63, 3.8) is 0 Å². The van der Waals surface area contributed by atoms with Crippen molar-refractivity contribution < 1.29 is 9.72 Å². The van der Waals surface area contributed by atoms with Crippen LogP contribution < -0.4 is 5.32 Å². The summed E-state index contributed by atoms with van der Waals surface area (Å²) in [6, 6.07) is 15.2. The lowest BCUT2D eigenvalue weighted by atomic mass is 10.2. The van der Waals surface area contributed by atoms with Gasteiger partial charge in [-0.05, 0) is 31.2 Å². The second kappa shape index (κ2) is 6.33. The molecule has 1 aromatic heterocycles. The van der Waals surface area contributed by atoms with Crippen LogP contribution >= 0.6 is 0 Å². The topological polar surface area (TPSA) is 90.1 Å². The van der Waals surface area contributed by atoms with E-state index in [0.29, 0.717) is 16.9 Å². The van der Waals surface area contributed by atoms with Gasteiger partial charge in [-0.2, -0.15) is 5.10 Å². The molecule has 0 atom stereocenters. The van der Waals surface area contributed by atoms with Crippen LogP contribution in [-0.4, -0.2) is 20.6 Å². The predicted octanol–water partition coefficient (Wildman–Crippen LogP) is 3.34. The van der Waals surface area contributed by atoms with Gasteiger partial charge in [0.1, 0.15) is 0 Å². The average molecular weight is 322 g/mol. The molecule has 7 heteroatoms. The highest BCUT2D eigenvalue weighted by Gasteiger charge is 2.15. The molecule has 0 saturated carbocycles. The fourth-order valence-corrected chi connectivity index (χ4v) is 2.33. The number of benzene rings is 2. The molecule has 3 rings (SSSR count). The SMILES string of the molecule is Cc1c(C(=O)Nc2ccc([N+](=O)[O-])cc2)cnn1-c1ccccc1.